The molecule has 5 nitrogen and oxygen atoms in total. The normalized spacial score (nSPS) is 10.2. The van der Waals surface area contributed by atoms with Crippen LogP contribution in [0.1, 0.15) is 15.9 Å². The number of carbonyl (C=O) groups is 2. The fraction of sp³-hybridized carbons (Fsp3) is 0.222. The molecule has 0 radical (unpaired) electrons. The molecule has 0 fully saturated rings. The number of nitrogens with one attached hydrogen (secondary N) is 1. The Morgan fingerprint density at radius 2 is 1.88 bits per heavy atom. The Labute approximate surface area is 149 Å². The molecule has 25 heavy (non-hydrogen) atoms. The van der Waals surface area contributed by atoms with Gasteiger partial charge in [-0.2, -0.15) is 0 Å². The molecule has 2 rings (SSSR count). The van der Waals surface area contributed by atoms with Crippen molar-refractivity contribution >= 4 is 23.5 Å². The first-order valence-electron chi connectivity index (χ1n) is 7.51. The Bertz CT molecular complexity index is 749. The third-order valence-corrected chi connectivity index (χ3v) is 3.60. The van der Waals surface area contributed by atoms with Gasteiger partial charge in [0.1, 0.15) is 17.1 Å². The number of carbonyl (C=O) groups excluding carboxylic acids is 2. The van der Waals surface area contributed by atoms with Crippen molar-refractivity contribution in [3.8, 4) is 5.75 Å². The number of esters is 1. The summed E-state index contributed by atoms with van der Waals surface area (Å²) in [5, 5.41) is 2.98. The van der Waals surface area contributed by atoms with E-state index in [4.69, 9.17) is 21.1 Å². The zero-order valence-corrected chi connectivity index (χ0v) is 14.3. The minimum absolute atomic E-state index is 0.147. The van der Waals surface area contributed by atoms with Gasteiger partial charge in [-0.05, 0) is 42.3 Å². The van der Waals surface area contributed by atoms with E-state index in [0.717, 1.165) is 5.56 Å². The molecule has 0 saturated heterocycles. The topological polar surface area (TPSA) is 64.6 Å². The summed E-state index contributed by atoms with van der Waals surface area (Å²) < 4.78 is 22.8. The van der Waals surface area contributed by atoms with Crippen LogP contribution in [0.4, 0.5) is 4.39 Å². The summed E-state index contributed by atoms with van der Waals surface area (Å²) in [5.74, 6) is -1.13. The SMILES string of the molecule is COc1ccc(Cl)cc1C(=O)OCC(=O)NCCc1ccc(F)cc1. The van der Waals surface area contributed by atoms with Crippen LogP contribution in [-0.4, -0.2) is 32.1 Å². The maximum absolute atomic E-state index is 12.8. The van der Waals surface area contributed by atoms with Crippen molar-refractivity contribution in [2.24, 2.45) is 0 Å². The number of amides is 1. The molecule has 132 valence electrons. The van der Waals surface area contributed by atoms with Gasteiger partial charge in [0.25, 0.3) is 5.91 Å². The third-order valence-electron chi connectivity index (χ3n) is 3.36. The molecular weight excluding hydrogens is 349 g/mol. The number of benzene rings is 2. The van der Waals surface area contributed by atoms with Crippen LogP contribution in [-0.2, 0) is 16.0 Å². The lowest BCUT2D eigenvalue weighted by Gasteiger charge is -2.09. The van der Waals surface area contributed by atoms with Gasteiger partial charge in [-0.3, -0.25) is 4.79 Å². The van der Waals surface area contributed by atoms with Gasteiger partial charge in [0, 0.05) is 11.6 Å². The second-order valence-corrected chi connectivity index (χ2v) is 5.58. The highest BCUT2D eigenvalue weighted by Crippen LogP contribution is 2.23. The van der Waals surface area contributed by atoms with Crippen LogP contribution in [0.25, 0.3) is 0 Å². The minimum atomic E-state index is -0.701. The van der Waals surface area contributed by atoms with Crippen LogP contribution in [0.2, 0.25) is 5.02 Å². The summed E-state index contributed by atoms with van der Waals surface area (Å²) in [6.45, 7) is -0.0690. The van der Waals surface area contributed by atoms with E-state index in [9.17, 15) is 14.0 Å². The lowest BCUT2D eigenvalue weighted by atomic mass is 10.1. The van der Waals surface area contributed by atoms with Gasteiger partial charge in [0.05, 0.1) is 7.11 Å². The largest absolute Gasteiger partial charge is 0.496 e. The van der Waals surface area contributed by atoms with Gasteiger partial charge in [-0.25, -0.2) is 9.18 Å². The Morgan fingerprint density at radius 1 is 1.16 bits per heavy atom. The zero-order chi connectivity index (χ0) is 18.2. The van der Waals surface area contributed by atoms with E-state index >= 15 is 0 Å². The highest BCUT2D eigenvalue weighted by atomic mass is 35.5. The van der Waals surface area contributed by atoms with Crippen molar-refractivity contribution < 1.29 is 23.5 Å². The van der Waals surface area contributed by atoms with Gasteiger partial charge in [-0.15, -0.1) is 0 Å². The average molecular weight is 366 g/mol. The second kappa shape index (κ2) is 9.03. The van der Waals surface area contributed by atoms with Gasteiger partial charge < -0.3 is 14.8 Å². The molecule has 0 unspecified atom stereocenters. The molecule has 1 N–H and O–H groups in total. The molecule has 0 bridgehead atoms. The Hall–Kier alpha value is -2.60. The minimum Gasteiger partial charge on any atom is -0.496 e. The van der Waals surface area contributed by atoms with Crippen LogP contribution in [0.5, 0.6) is 5.75 Å². The molecule has 0 spiro atoms. The van der Waals surface area contributed by atoms with E-state index in [2.05, 4.69) is 5.32 Å². The second-order valence-electron chi connectivity index (χ2n) is 5.15. The molecule has 0 saturated carbocycles. The van der Waals surface area contributed by atoms with Crippen LogP contribution in [0.15, 0.2) is 42.5 Å². The molecule has 0 atom stereocenters. The smallest absolute Gasteiger partial charge is 0.342 e. The molecule has 0 aliphatic rings. The van der Waals surface area contributed by atoms with Crippen LogP contribution in [0.3, 0.4) is 0 Å². The summed E-state index contributed by atoms with van der Waals surface area (Å²) in [4.78, 5) is 23.8. The van der Waals surface area contributed by atoms with E-state index in [1.807, 2.05) is 0 Å². The van der Waals surface area contributed by atoms with Gasteiger partial charge in [0.2, 0.25) is 0 Å². The van der Waals surface area contributed by atoms with Crippen LogP contribution >= 0.6 is 11.6 Å². The van der Waals surface area contributed by atoms with Crippen LogP contribution < -0.4 is 10.1 Å². The van der Waals surface area contributed by atoms with Gasteiger partial charge >= 0.3 is 5.97 Å². The van der Waals surface area contributed by atoms with E-state index in [-0.39, 0.29) is 11.4 Å². The van der Waals surface area contributed by atoms with E-state index in [1.165, 1.54) is 25.3 Å². The quantitative estimate of drug-likeness (QED) is 0.766. The first-order valence-corrected chi connectivity index (χ1v) is 7.89. The maximum atomic E-state index is 12.8. The Balaban J connectivity index is 1.78. The number of halogens is 2. The third kappa shape index (κ3) is 5.76. The number of rotatable bonds is 7. The monoisotopic (exact) mass is 365 g/mol. The van der Waals surface area contributed by atoms with E-state index < -0.39 is 18.5 Å². The van der Waals surface area contributed by atoms with Gasteiger partial charge in [-0.1, -0.05) is 23.7 Å². The summed E-state index contributed by atoms with van der Waals surface area (Å²) in [7, 11) is 1.42. The predicted octanol–water partition coefficient (Wildman–Crippen LogP) is 3.00. The van der Waals surface area contributed by atoms with Gasteiger partial charge in [0.15, 0.2) is 6.61 Å². The number of ether oxygens (including phenoxy) is 2. The highest BCUT2D eigenvalue weighted by molar-refractivity contribution is 6.31. The van der Waals surface area contributed by atoms with Crippen molar-refractivity contribution in [2.75, 3.05) is 20.3 Å². The molecular formula is C18H17ClFNO4. The predicted molar refractivity (Wildman–Crippen MR) is 91.4 cm³/mol. The Morgan fingerprint density at radius 3 is 2.56 bits per heavy atom. The lowest BCUT2D eigenvalue weighted by molar-refractivity contribution is -0.124. The molecule has 7 heteroatoms. The number of hydrogen-bond donors (Lipinski definition) is 1. The van der Waals surface area contributed by atoms with Crippen molar-refractivity contribution in [1.82, 2.24) is 5.32 Å². The van der Waals surface area contributed by atoms with Crippen molar-refractivity contribution in [3.63, 3.8) is 0 Å². The molecule has 0 aliphatic heterocycles. The first-order chi connectivity index (χ1) is 12.0. The first kappa shape index (κ1) is 18.7. The van der Waals surface area contributed by atoms with E-state index in [0.29, 0.717) is 23.7 Å². The average Bonchev–Trinajstić information content (AvgIpc) is 2.61. The molecule has 1 amide bonds. The zero-order valence-electron chi connectivity index (χ0n) is 13.6. The van der Waals surface area contributed by atoms with Crippen LogP contribution in [0, 0.1) is 5.82 Å². The fourth-order valence-electron chi connectivity index (χ4n) is 2.10. The molecule has 0 aliphatic carbocycles. The van der Waals surface area contributed by atoms with Crippen molar-refractivity contribution in [3.05, 3.63) is 64.4 Å². The summed E-state index contributed by atoms with van der Waals surface area (Å²) in [6.07, 6.45) is 0.544. The lowest BCUT2D eigenvalue weighted by Crippen LogP contribution is -2.30. The van der Waals surface area contributed by atoms with Crippen molar-refractivity contribution in [2.45, 2.75) is 6.42 Å². The summed E-state index contributed by atoms with van der Waals surface area (Å²) in [5.41, 5.74) is 1.04. The maximum Gasteiger partial charge on any atom is 0.342 e. The molecule has 0 aromatic heterocycles. The standard InChI is InChI=1S/C18H17ClFNO4/c1-24-16-7-4-13(19)10-15(16)18(23)25-11-17(22)21-9-8-12-2-5-14(20)6-3-12/h2-7,10H,8-9,11H2,1H3,(H,21,22). The molecule has 2 aromatic rings. The Kier molecular flexibility index (Phi) is 6.77. The molecule has 2 aromatic carbocycles. The fourth-order valence-corrected chi connectivity index (χ4v) is 2.27. The molecule has 0 heterocycles. The highest BCUT2D eigenvalue weighted by Gasteiger charge is 2.15. The summed E-state index contributed by atoms with van der Waals surface area (Å²) in [6, 6.07) is 10.5. The number of methoxy groups -OCH3 is 1. The van der Waals surface area contributed by atoms with Crippen molar-refractivity contribution in [1.29, 1.82) is 0 Å². The number of hydrogen-bond acceptors (Lipinski definition) is 4. The summed E-state index contributed by atoms with van der Waals surface area (Å²) >= 11 is 5.85. The van der Waals surface area contributed by atoms with E-state index in [1.54, 1.807) is 24.3 Å².